The minimum atomic E-state index is -5.08. The van der Waals surface area contributed by atoms with Crippen LogP contribution in [0.3, 0.4) is 0 Å². The van der Waals surface area contributed by atoms with E-state index >= 15 is 0 Å². The van der Waals surface area contributed by atoms with Gasteiger partial charge in [0, 0.05) is 51.0 Å². The zero-order chi connectivity index (χ0) is 29.5. The Morgan fingerprint density at radius 3 is 1.85 bits per heavy atom. The number of aromatic nitrogens is 1. The molecule has 1 aromatic carbocycles. The molecular formula is C24H25F8N3O4. The Kier molecular flexibility index (Phi) is 10.2. The highest BCUT2D eigenvalue weighted by Crippen LogP contribution is 2.50. The van der Waals surface area contributed by atoms with Crippen molar-refractivity contribution in [3.8, 4) is 0 Å². The first-order valence-corrected chi connectivity index (χ1v) is 11.4. The molecule has 1 aromatic heterocycles. The van der Waals surface area contributed by atoms with E-state index in [0.29, 0.717) is 39.1 Å². The average Bonchev–Trinajstić information content (AvgIpc) is 3.28. The van der Waals surface area contributed by atoms with Crippen molar-refractivity contribution in [3.63, 3.8) is 0 Å². The van der Waals surface area contributed by atoms with Gasteiger partial charge in [-0.25, -0.2) is 18.4 Å². The number of benzene rings is 1. The zero-order valence-corrected chi connectivity index (χ0v) is 20.2. The number of anilines is 1. The Morgan fingerprint density at radius 1 is 0.821 bits per heavy atom. The molecule has 39 heavy (non-hydrogen) atoms. The largest absolute Gasteiger partial charge is 0.490 e. The van der Waals surface area contributed by atoms with Crippen LogP contribution in [0, 0.1) is 5.41 Å². The summed E-state index contributed by atoms with van der Waals surface area (Å²) in [6.45, 7) is 2.61. The van der Waals surface area contributed by atoms with Gasteiger partial charge in [0.05, 0.1) is 11.1 Å². The van der Waals surface area contributed by atoms with E-state index in [1.807, 2.05) is 48.5 Å². The predicted octanol–water partition coefficient (Wildman–Crippen LogP) is 5.09. The fraction of sp³-hybridized carbons (Fsp3) is 0.458. The summed E-state index contributed by atoms with van der Waals surface area (Å²) < 4.78 is 93.3. The van der Waals surface area contributed by atoms with E-state index in [-0.39, 0.29) is 6.42 Å². The summed E-state index contributed by atoms with van der Waals surface area (Å²) in [6.07, 6.45) is -7.94. The normalized spacial score (nSPS) is 20.9. The van der Waals surface area contributed by atoms with Crippen LogP contribution < -0.4 is 4.90 Å². The van der Waals surface area contributed by atoms with Crippen LogP contribution in [0.1, 0.15) is 18.5 Å². The third-order valence-electron chi connectivity index (χ3n) is 6.12. The van der Waals surface area contributed by atoms with Crippen LogP contribution in [-0.4, -0.2) is 76.5 Å². The molecule has 0 saturated carbocycles. The predicted molar refractivity (Wildman–Crippen MR) is 122 cm³/mol. The van der Waals surface area contributed by atoms with E-state index < -0.39 is 35.6 Å². The first-order valence-electron chi connectivity index (χ1n) is 11.4. The third-order valence-corrected chi connectivity index (χ3v) is 6.12. The molecule has 4 rings (SSSR count). The molecule has 15 heteroatoms. The molecule has 2 aliphatic heterocycles. The number of hydrogen-bond donors (Lipinski definition) is 2. The lowest BCUT2D eigenvalue weighted by Gasteiger charge is -2.46. The van der Waals surface area contributed by atoms with E-state index in [1.54, 1.807) is 6.20 Å². The van der Waals surface area contributed by atoms with Crippen LogP contribution in [0.15, 0.2) is 54.7 Å². The van der Waals surface area contributed by atoms with Crippen molar-refractivity contribution >= 4 is 17.6 Å². The molecule has 216 valence electrons. The number of para-hydroxylation sites is 1. The van der Waals surface area contributed by atoms with Crippen LogP contribution in [0.4, 0.5) is 40.8 Å². The molecule has 2 aromatic rings. The second-order valence-electron chi connectivity index (χ2n) is 8.88. The molecule has 0 bridgehead atoms. The van der Waals surface area contributed by atoms with Crippen LogP contribution in [0.5, 0.6) is 0 Å². The second-order valence-corrected chi connectivity index (χ2v) is 8.88. The number of hydrogen-bond acceptors (Lipinski definition) is 5. The van der Waals surface area contributed by atoms with Gasteiger partial charge in [-0.2, -0.15) is 26.3 Å². The van der Waals surface area contributed by atoms with Crippen LogP contribution in [0.2, 0.25) is 0 Å². The van der Waals surface area contributed by atoms with Crippen molar-refractivity contribution in [1.82, 2.24) is 9.88 Å². The molecule has 0 aliphatic carbocycles. The Hall–Kier alpha value is -3.49. The molecule has 2 saturated heterocycles. The number of aliphatic carboxylic acids is 2. The van der Waals surface area contributed by atoms with E-state index in [9.17, 15) is 35.1 Å². The Morgan fingerprint density at radius 2 is 1.36 bits per heavy atom. The van der Waals surface area contributed by atoms with Gasteiger partial charge in [0.15, 0.2) is 0 Å². The molecule has 0 amide bonds. The number of carbonyl (C=O) groups is 2. The van der Waals surface area contributed by atoms with Crippen molar-refractivity contribution < 1.29 is 54.9 Å². The average molecular weight is 571 g/mol. The Bertz CT molecular complexity index is 1060. The van der Waals surface area contributed by atoms with Gasteiger partial charge in [-0.05, 0) is 30.7 Å². The summed E-state index contributed by atoms with van der Waals surface area (Å²) in [6, 6.07) is 15.7. The maximum absolute atomic E-state index is 14.9. The number of pyridine rings is 1. The molecule has 1 unspecified atom stereocenters. The van der Waals surface area contributed by atoms with Crippen LogP contribution >= 0.6 is 0 Å². The number of halogens is 8. The number of carboxylic acid groups (broad SMARTS) is 2. The van der Waals surface area contributed by atoms with Crippen molar-refractivity contribution in [2.24, 2.45) is 5.41 Å². The summed E-state index contributed by atoms with van der Waals surface area (Å²) in [7, 11) is 0. The maximum atomic E-state index is 14.9. The lowest BCUT2D eigenvalue weighted by molar-refractivity contribution is -0.193. The molecule has 2 fully saturated rings. The lowest BCUT2D eigenvalue weighted by Crippen LogP contribution is -2.56. The second kappa shape index (κ2) is 12.6. The van der Waals surface area contributed by atoms with Gasteiger partial charge in [0.1, 0.15) is 0 Å². The maximum Gasteiger partial charge on any atom is 0.490 e. The Labute approximate surface area is 217 Å². The minimum Gasteiger partial charge on any atom is -0.475 e. The van der Waals surface area contributed by atoms with Crippen molar-refractivity contribution in [3.05, 3.63) is 60.4 Å². The number of piperidine rings is 1. The molecular weight excluding hydrogens is 546 g/mol. The van der Waals surface area contributed by atoms with Gasteiger partial charge >= 0.3 is 24.3 Å². The molecule has 2 aliphatic rings. The standard InChI is InChI=1S/C20H23F2N3.2C2HF3O2/c21-20(22)10-12-24(14-17-6-4-5-11-23-17)15-19(20)9-13-25(16-19)18-7-2-1-3-8-18;2*3-2(4,5)1(6)7/h1-8,11H,9-10,12-16H2;2*(H,6,7). The van der Waals surface area contributed by atoms with Crippen molar-refractivity contribution in [2.45, 2.75) is 37.7 Å². The van der Waals surface area contributed by atoms with Crippen molar-refractivity contribution in [2.75, 3.05) is 31.1 Å². The minimum absolute atomic E-state index is 0.0670. The first kappa shape index (κ1) is 31.7. The van der Waals surface area contributed by atoms with E-state index in [0.717, 1.165) is 11.4 Å². The number of rotatable bonds is 3. The van der Waals surface area contributed by atoms with E-state index in [2.05, 4.69) is 14.8 Å². The quantitative estimate of drug-likeness (QED) is 0.496. The van der Waals surface area contributed by atoms with Gasteiger partial charge in [-0.15, -0.1) is 0 Å². The highest BCUT2D eigenvalue weighted by atomic mass is 19.4. The lowest BCUT2D eigenvalue weighted by atomic mass is 9.75. The highest BCUT2D eigenvalue weighted by Gasteiger charge is 2.59. The highest BCUT2D eigenvalue weighted by molar-refractivity contribution is 5.73. The zero-order valence-electron chi connectivity index (χ0n) is 20.2. The van der Waals surface area contributed by atoms with Crippen LogP contribution in [0.25, 0.3) is 0 Å². The number of carboxylic acids is 2. The van der Waals surface area contributed by atoms with Crippen molar-refractivity contribution in [1.29, 1.82) is 0 Å². The van der Waals surface area contributed by atoms with E-state index in [1.165, 1.54) is 0 Å². The van der Waals surface area contributed by atoms with Crippen LogP contribution in [-0.2, 0) is 16.1 Å². The fourth-order valence-corrected chi connectivity index (χ4v) is 4.20. The summed E-state index contributed by atoms with van der Waals surface area (Å²) in [5.74, 6) is -8.13. The Balaban J connectivity index is 0.000000317. The van der Waals surface area contributed by atoms with Gasteiger partial charge in [-0.3, -0.25) is 9.88 Å². The molecule has 7 nitrogen and oxygen atoms in total. The van der Waals surface area contributed by atoms with Gasteiger partial charge in [0.2, 0.25) is 0 Å². The SMILES string of the molecule is FC1(F)CCN(Cc2ccccn2)CC12CCN(c1ccccc1)C2.O=C(O)C(F)(F)F.O=C(O)C(F)(F)F. The molecule has 1 spiro atoms. The fourth-order valence-electron chi connectivity index (χ4n) is 4.20. The van der Waals surface area contributed by atoms with Gasteiger partial charge < -0.3 is 15.1 Å². The number of alkyl halides is 8. The molecule has 2 N–H and O–H groups in total. The molecule has 0 radical (unpaired) electrons. The molecule has 1 atom stereocenters. The number of nitrogens with zero attached hydrogens (tertiary/aromatic N) is 3. The van der Waals surface area contributed by atoms with Gasteiger partial charge in [0.25, 0.3) is 5.92 Å². The topological polar surface area (TPSA) is 94.0 Å². The summed E-state index contributed by atoms with van der Waals surface area (Å²) in [5, 5.41) is 14.2. The third kappa shape index (κ3) is 9.04. The molecule has 3 heterocycles. The summed E-state index contributed by atoms with van der Waals surface area (Å²) >= 11 is 0. The summed E-state index contributed by atoms with van der Waals surface area (Å²) in [4.78, 5) is 26.4. The van der Waals surface area contributed by atoms with Gasteiger partial charge in [-0.1, -0.05) is 24.3 Å². The first-order chi connectivity index (χ1) is 18.0. The monoisotopic (exact) mass is 571 g/mol. The van der Waals surface area contributed by atoms with E-state index in [4.69, 9.17) is 19.8 Å². The number of likely N-dealkylation sites (tertiary alicyclic amines) is 1. The smallest absolute Gasteiger partial charge is 0.475 e. The summed E-state index contributed by atoms with van der Waals surface area (Å²) in [5.41, 5.74) is 1.02.